The smallest absolute Gasteiger partial charge is 0.320 e. The highest BCUT2D eigenvalue weighted by atomic mass is 16.7. The highest BCUT2D eigenvalue weighted by Crippen LogP contribution is 2.32. The second kappa shape index (κ2) is 13.3. The molecule has 1 saturated heterocycles. The molecule has 0 aromatic rings. The standard InChI is InChI=1S/C21H34O10/c1-7-16-12(4)17(29-13(5)22)18(30-14(6)23)21(31-16)28-11-10-15(19(24)26-8-2)20(25)27-9-3/h12,15-18,21H,7-11H2,1-6H3/t12-,16+,17-,18+,21?/m0/s1. The summed E-state index contributed by atoms with van der Waals surface area (Å²) in [4.78, 5) is 47.5. The molecular formula is C21H34O10. The minimum absolute atomic E-state index is 0.0190. The molecule has 1 fully saturated rings. The summed E-state index contributed by atoms with van der Waals surface area (Å²) in [7, 11) is 0. The number of hydrogen-bond donors (Lipinski definition) is 0. The van der Waals surface area contributed by atoms with Crippen LogP contribution in [0.3, 0.4) is 0 Å². The van der Waals surface area contributed by atoms with E-state index in [1.165, 1.54) is 13.8 Å². The van der Waals surface area contributed by atoms with Crippen LogP contribution in [0.1, 0.15) is 54.4 Å². The molecule has 1 aliphatic rings. The molecule has 0 bridgehead atoms. The molecule has 1 unspecified atom stereocenters. The minimum atomic E-state index is -1.15. The van der Waals surface area contributed by atoms with Crippen molar-refractivity contribution in [1.82, 2.24) is 0 Å². The van der Waals surface area contributed by atoms with Crippen molar-refractivity contribution in [2.24, 2.45) is 11.8 Å². The van der Waals surface area contributed by atoms with E-state index < -0.39 is 48.3 Å². The third-order valence-corrected chi connectivity index (χ3v) is 4.84. The van der Waals surface area contributed by atoms with Gasteiger partial charge in [-0.15, -0.1) is 0 Å². The predicted molar refractivity (Wildman–Crippen MR) is 107 cm³/mol. The van der Waals surface area contributed by atoms with Gasteiger partial charge < -0.3 is 28.4 Å². The maximum absolute atomic E-state index is 12.1. The summed E-state index contributed by atoms with van der Waals surface area (Å²) >= 11 is 0. The number of esters is 4. The fraction of sp³-hybridized carbons (Fsp3) is 0.810. The van der Waals surface area contributed by atoms with Crippen molar-refractivity contribution in [1.29, 1.82) is 0 Å². The summed E-state index contributed by atoms with van der Waals surface area (Å²) in [6.07, 6.45) is -2.53. The molecule has 0 amide bonds. The third kappa shape index (κ3) is 8.10. The lowest BCUT2D eigenvalue weighted by Gasteiger charge is -2.44. The Hall–Kier alpha value is -2.20. The Morgan fingerprint density at radius 1 is 0.871 bits per heavy atom. The molecule has 1 heterocycles. The van der Waals surface area contributed by atoms with Gasteiger partial charge in [0.2, 0.25) is 0 Å². The van der Waals surface area contributed by atoms with E-state index in [0.29, 0.717) is 6.42 Å². The van der Waals surface area contributed by atoms with Crippen LogP contribution in [0, 0.1) is 11.8 Å². The summed E-state index contributed by atoms with van der Waals surface area (Å²) in [5.41, 5.74) is 0. The summed E-state index contributed by atoms with van der Waals surface area (Å²) in [5, 5.41) is 0. The highest BCUT2D eigenvalue weighted by molar-refractivity contribution is 5.94. The van der Waals surface area contributed by atoms with Crippen molar-refractivity contribution in [2.75, 3.05) is 19.8 Å². The number of hydrogen-bond acceptors (Lipinski definition) is 10. The van der Waals surface area contributed by atoms with Crippen LogP contribution in [0.4, 0.5) is 0 Å². The monoisotopic (exact) mass is 446 g/mol. The first-order chi connectivity index (χ1) is 14.7. The normalized spacial score (nSPS) is 25.6. The average molecular weight is 446 g/mol. The first kappa shape index (κ1) is 26.8. The highest BCUT2D eigenvalue weighted by Gasteiger charge is 2.48. The molecule has 0 radical (unpaired) electrons. The lowest BCUT2D eigenvalue weighted by Crippen LogP contribution is -2.57. The van der Waals surface area contributed by atoms with Crippen molar-refractivity contribution in [3.8, 4) is 0 Å². The summed E-state index contributed by atoms with van der Waals surface area (Å²) in [5.74, 6) is -3.91. The molecule has 0 aromatic heterocycles. The van der Waals surface area contributed by atoms with Crippen molar-refractivity contribution in [3.05, 3.63) is 0 Å². The van der Waals surface area contributed by atoms with E-state index >= 15 is 0 Å². The molecule has 178 valence electrons. The molecule has 10 nitrogen and oxygen atoms in total. The largest absolute Gasteiger partial charge is 0.465 e. The van der Waals surface area contributed by atoms with E-state index in [4.69, 9.17) is 28.4 Å². The number of carbonyl (C=O) groups excluding carboxylic acids is 4. The van der Waals surface area contributed by atoms with E-state index in [2.05, 4.69) is 0 Å². The van der Waals surface area contributed by atoms with Crippen LogP contribution >= 0.6 is 0 Å². The Labute approximate surface area is 182 Å². The molecule has 5 atom stereocenters. The van der Waals surface area contributed by atoms with Gasteiger partial charge in [0.25, 0.3) is 0 Å². The molecule has 0 spiro atoms. The summed E-state index contributed by atoms with van der Waals surface area (Å²) in [6, 6.07) is 0. The van der Waals surface area contributed by atoms with E-state index in [0.717, 1.165) is 0 Å². The van der Waals surface area contributed by atoms with Gasteiger partial charge in [-0.25, -0.2) is 0 Å². The Morgan fingerprint density at radius 2 is 1.39 bits per heavy atom. The Bertz CT molecular complexity index is 601. The van der Waals surface area contributed by atoms with E-state index in [-0.39, 0.29) is 38.3 Å². The van der Waals surface area contributed by atoms with Crippen LogP contribution in [0.25, 0.3) is 0 Å². The van der Waals surface area contributed by atoms with E-state index in [9.17, 15) is 19.2 Å². The average Bonchev–Trinajstić information content (AvgIpc) is 2.69. The Balaban J connectivity index is 2.96. The fourth-order valence-electron chi connectivity index (χ4n) is 3.44. The van der Waals surface area contributed by atoms with Gasteiger partial charge >= 0.3 is 23.9 Å². The molecule has 0 aliphatic carbocycles. The van der Waals surface area contributed by atoms with Gasteiger partial charge in [-0.1, -0.05) is 13.8 Å². The predicted octanol–water partition coefficient (Wildman–Crippen LogP) is 1.77. The molecule has 0 saturated carbocycles. The van der Waals surface area contributed by atoms with Gasteiger partial charge in [0.1, 0.15) is 6.10 Å². The molecular weight excluding hydrogens is 412 g/mol. The quantitative estimate of drug-likeness (QED) is 0.263. The molecule has 1 aliphatic heterocycles. The zero-order valence-corrected chi connectivity index (χ0v) is 19.1. The van der Waals surface area contributed by atoms with Crippen molar-refractivity contribution in [3.63, 3.8) is 0 Å². The maximum Gasteiger partial charge on any atom is 0.320 e. The summed E-state index contributed by atoms with van der Waals surface area (Å²) in [6.45, 7) is 9.69. The van der Waals surface area contributed by atoms with Gasteiger partial charge in [0, 0.05) is 19.8 Å². The zero-order valence-electron chi connectivity index (χ0n) is 19.1. The summed E-state index contributed by atoms with van der Waals surface area (Å²) < 4.78 is 32.4. The van der Waals surface area contributed by atoms with Crippen LogP contribution in [0.5, 0.6) is 0 Å². The molecule has 1 rings (SSSR count). The van der Waals surface area contributed by atoms with Crippen LogP contribution in [0.2, 0.25) is 0 Å². The molecule has 0 N–H and O–H groups in total. The lowest BCUT2D eigenvalue weighted by atomic mass is 9.89. The molecule has 10 heteroatoms. The van der Waals surface area contributed by atoms with Crippen molar-refractivity contribution in [2.45, 2.75) is 79.0 Å². The van der Waals surface area contributed by atoms with Crippen LogP contribution in [-0.4, -0.2) is 68.3 Å². The maximum atomic E-state index is 12.1. The van der Waals surface area contributed by atoms with Gasteiger partial charge in [-0.2, -0.15) is 0 Å². The number of carbonyl (C=O) groups is 4. The minimum Gasteiger partial charge on any atom is -0.465 e. The number of ether oxygens (including phenoxy) is 6. The van der Waals surface area contributed by atoms with Crippen molar-refractivity contribution < 1.29 is 47.6 Å². The second-order valence-corrected chi connectivity index (χ2v) is 7.17. The zero-order chi connectivity index (χ0) is 23.6. The van der Waals surface area contributed by atoms with Crippen LogP contribution < -0.4 is 0 Å². The molecule has 31 heavy (non-hydrogen) atoms. The van der Waals surface area contributed by atoms with E-state index in [1.807, 2.05) is 13.8 Å². The van der Waals surface area contributed by atoms with Crippen LogP contribution in [0.15, 0.2) is 0 Å². The van der Waals surface area contributed by atoms with Crippen molar-refractivity contribution >= 4 is 23.9 Å². The Morgan fingerprint density at radius 3 is 1.84 bits per heavy atom. The molecule has 0 aromatic carbocycles. The SMILES string of the molecule is CCOC(=O)C(CCOC1O[C@H](CC)[C@H](C)[C@H](OC(C)=O)[C@H]1OC(C)=O)C(=O)OCC. The second-order valence-electron chi connectivity index (χ2n) is 7.17. The topological polar surface area (TPSA) is 124 Å². The Kier molecular flexibility index (Phi) is 11.5. The first-order valence-corrected chi connectivity index (χ1v) is 10.6. The first-order valence-electron chi connectivity index (χ1n) is 10.6. The van der Waals surface area contributed by atoms with Gasteiger partial charge in [0.05, 0.1) is 25.9 Å². The van der Waals surface area contributed by atoms with Gasteiger partial charge in [-0.3, -0.25) is 19.2 Å². The van der Waals surface area contributed by atoms with E-state index in [1.54, 1.807) is 13.8 Å². The lowest BCUT2D eigenvalue weighted by molar-refractivity contribution is -0.290. The fourth-order valence-corrected chi connectivity index (χ4v) is 3.44. The number of rotatable bonds is 11. The van der Waals surface area contributed by atoms with Gasteiger partial charge in [0.15, 0.2) is 18.3 Å². The third-order valence-electron chi connectivity index (χ3n) is 4.84. The van der Waals surface area contributed by atoms with Gasteiger partial charge in [-0.05, 0) is 26.7 Å². The van der Waals surface area contributed by atoms with Crippen LogP contribution in [-0.2, 0) is 47.6 Å².